The minimum atomic E-state index is -0.555. The zero-order chi connectivity index (χ0) is 13.5. The fraction of sp³-hybridized carbons (Fsp3) is 0.571. The van der Waals surface area contributed by atoms with Gasteiger partial charge in [-0.05, 0) is 25.5 Å². The zero-order valence-corrected chi connectivity index (χ0v) is 11.6. The maximum absolute atomic E-state index is 9.91. The van der Waals surface area contributed by atoms with Crippen LogP contribution in [0.2, 0.25) is 0 Å². The summed E-state index contributed by atoms with van der Waals surface area (Å²) < 4.78 is 10.4. The Labute approximate surface area is 109 Å². The van der Waals surface area contributed by atoms with Gasteiger partial charge in [0.25, 0.3) is 0 Å². The Morgan fingerprint density at radius 2 is 2.06 bits per heavy atom. The molecule has 0 aliphatic carbocycles. The van der Waals surface area contributed by atoms with Gasteiger partial charge in [-0.2, -0.15) is 0 Å². The van der Waals surface area contributed by atoms with Crippen molar-refractivity contribution < 1.29 is 14.6 Å². The smallest absolute Gasteiger partial charge is 0.126 e. The predicted molar refractivity (Wildman–Crippen MR) is 73.4 cm³/mol. The van der Waals surface area contributed by atoms with Crippen LogP contribution in [-0.2, 0) is 4.74 Å². The average Bonchev–Trinajstić information content (AvgIpc) is 2.37. The molecule has 1 rings (SSSR count). The van der Waals surface area contributed by atoms with Gasteiger partial charge in [-0.25, -0.2) is 0 Å². The molecule has 1 aromatic rings. The van der Waals surface area contributed by atoms with Gasteiger partial charge in [0.2, 0.25) is 0 Å². The van der Waals surface area contributed by atoms with Crippen molar-refractivity contribution in [3.8, 4) is 5.75 Å². The molecule has 1 atom stereocenters. The van der Waals surface area contributed by atoms with E-state index in [4.69, 9.17) is 9.47 Å². The molecule has 0 aliphatic heterocycles. The molecule has 0 amide bonds. The SMILES string of the molecule is COCCCN(C)c1cccc(OC)c1C(C)O. The van der Waals surface area contributed by atoms with Crippen LogP contribution in [0, 0.1) is 0 Å². The highest BCUT2D eigenvalue weighted by Crippen LogP contribution is 2.34. The van der Waals surface area contributed by atoms with Gasteiger partial charge >= 0.3 is 0 Å². The van der Waals surface area contributed by atoms with Crippen LogP contribution in [0.25, 0.3) is 0 Å². The topological polar surface area (TPSA) is 41.9 Å². The molecule has 0 fully saturated rings. The number of hydrogen-bond donors (Lipinski definition) is 1. The Balaban J connectivity index is 2.92. The number of hydrogen-bond acceptors (Lipinski definition) is 4. The summed E-state index contributed by atoms with van der Waals surface area (Å²) in [5, 5.41) is 9.91. The van der Waals surface area contributed by atoms with Crippen molar-refractivity contribution in [2.75, 3.05) is 39.3 Å². The maximum Gasteiger partial charge on any atom is 0.126 e. The van der Waals surface area contributed by atoms with E-state index in [1.807, 2.05) is 25.2 Å². The van der Waals surface area contributed by atoms with Gasteiger partial charge in [0, 0.05) is 38.6 Å². The number of anilines is 1. The van der Waals surface area contributed by atoms with E-state index in [1.54, 1.807) is 21.1 Å². The van der Waals surface area contributed by atoms with E-state index in [9.17, 15) is 5.11 Å². The van der Waals surface area contributed by atoms with E-state index >= 15 is 0 Å². The van der Waals surface area contributed by atoms with Crippen LogP contribution >= 0.6 is 0 Å². The van der Waals surface area contributed by atoms with E-state index in [0.717, 1.165) is 36.6 Å². The Hall–Kier alpha value is -1.26. The van der Waals surface area contributed by atoms with E-state index in [2.05, 4.69) is 4.90 Å². The highest BCUT2D eigenvalue weighted by molar-refractivity contribution is 5.60. The van der Waals surface area contributed by atoms with E-state index < -0.39 is 6.10 Å². The van der Waals surface area contributed by atoms with Crippen molar-refractivity contribution in [1.29, 1.82) is 0 Å². The Bertz CT molecular complexity index is 366. The summed E-state index contributed by atoms with van der Waals surface area (Å²) in [5.41, 5.74) is 1.83. The summed E-state index contributed by atoms with van der Waals surface area (Å²) >= 11 is 0. The lowest BCUT2D eigenvalue weighted by Gasteiger charge is -2.25. The lowest BCUT2D eigenvalue weighted by Crippen LogP contribution is -2.21. The first-order valence-corrected chi connectivity index (χ1v) is 6.16. The Morgan fingerprint density at radius 3 is 2.61 bits per heavy atom. The molecule has 102 valence electrons. The van der Waals surface area contributed by atoms with Crippen LogP contribution in [0.15, 0.2) is 18.2 Å². The molecule has 4 heteroatoms. The van der Waals surface area contributed by atoms with Crippen molar-refractivity contribution in [1.82, 2.24) is 0 Å². The number of aliphatic hydroxyl groups is 1. The lowest BCUT2D eigenvalue weighted by molar-refractivity contribution is 0.193. The summed E-state index contributed by atoms with van der Waals surface area (Å²) in [6.07, 6.45) is 0.393. The van der Waals surface area contributed by atoms with Crippen molar-refractivity contribution in [2.45, 2.75) is 19.4 Å². The number of methoxy groups -OCH3 is 2. The Kier molecular flexibility index (Phi) is 5.95. The standard InChI is InChI=1S/C14H23NO3/c1-11(16)14-12(7-5-8-13(14)18-4)15(2)9-6-10-17-3/h5,7-8,11,16H,6,9-10H2,1-4H3. The second kappa shape index (κ2) is 7.24. The third-order valence-electron chi connectivity index (χ3n) is 2.93. The summed E-state index contributed by atoms with van der Waals surface area (Å²) in [7, 11) is 5.33. The van der Waals surface area contributed by atoms with Gasteiger partial charge in [-0.15, -0.1) is 0 Å². The molecule has 1 aromatic carbocycles. The van der Waals surface area contributed by atoms with Crippen LogP contribution in [0.1, 0.15) is 25.0 Å². The van der Waals surface area contributed by atoms with Crippen molar-refractivity contribution in [3.05, 3.63) is 23.8 Å². The second-order valence-corrected chi connectivity index (χ2v) is 4.34. The van der Waals surface area contributed by atoms with Crippen LogP contribution in [0.5, 0.6) is 5.75 Å². The molecule has 1 unspecified atom stereocenters. The number of aliphatic hydroxyl groups excluding tert-OH is 1. The molecular formula is C14H23NO3. The highest BCUT2D eigenvalue weighted by atomic mass is 16.5. The first-order chi connectivity index (χ1) is 8.61. The fourth-order valence-electron chi connectivity index (χ4n) is 2.03. The molecule has 18 heavy (non-hydrogen) atoms. The largest absolute Gasteiger partial charge is 0.496 e. The molecule has 1 N–H and O–H groups in total. The van der Waals surface area contributed by atoms with Gasteiger partial charge < -0.3 is 19.5 Å². The minimum absolute atomic E-state index is 0.555. The Morgan fingerprint density at radius 1 is 1.33 bits per heavy atom. The van der Waals surface area contributed by atoms with E-state index in [-0.39, 0.29) is 0 Å². The summed E-state index contributed by atoms with van der Waals surface area (Å²) in [6, 6.07) is 5.80. The molecule has 0 saturated heterocycles. The van der Waals surface area contributed by atoms with Gasteiger partial charge in [0.15, 0.2) is 0 Å². The first kappa shape index (κ1) is 14.8. The third-order valence-corrected chi connectivity index (χ3v) is 2.93. The molecule has 0 aliphatic rings. The maximum atomic E-state index is 9.91. The van der Waals surface area contributed by atoms with E-state index in [1.165, 1.54) is 0 Å². The quantitative estimate of drug-likeness (QED) is 0.757. The van der Waals surface area contributed by atoms with Crippen LogP contribution in [0.4, 0.5) is 5.69 Å². The third kappa shape index (κ3) is 3.62. The number of benzene rings is 1. The molecule has 0 heterocycles. The second-order valence-electron chi connectivity index (χ2n) is 4.34. The normalized spacial score (nSPS) is 12.3. The molecule has 4 nitrogen and oxygen atoms in total. The summed E-state index contributed by atoms with van der Waals surface area (Å²) in [6.45, 7) is 3.36. The minimum Gasteiger partial charge on any atom is -0.496 e. The summed E-state index contributed by atoms with van der Waals surface area (Å²) in [5.74, 6) is 0.723. The summed E-state index contributed by atoms with van der Waals surface area (Å²) in [4.78, 5) is 2.11. The van der Waals surface area contributed by atoms with Gasteiger partial charge in [0.05, 0.1) is 13.2 Å². The molecular weight excluding hydrogens is 230 g/mol. The zero-order valence-electron chi connectivity index (χ0n) is 11.6. The molecule has 0 bridgehead atoms. The van der Waals surface area contributed by atoms with Gasteiger partial charge in [-0.1, -0.05) is 6.07 Å². The molecule has 0 spiro atoms. The van der Waals surface area contributed by atoms with Crippen molar-refractivity contribution in [2.24, 2.45) is 0 Å². The molecule has 0 aromatic heterocycles. The van der Waals surface area contributed by atoms with Gasteiger partial charge in [0.1, 0.15) is 5.75 Å². The number of ether oxygens (including phenoxy) is 2. The van der Waals surface area contributed by atoms with Crippen LogP contribution in [-0.4, -0.2) is 39.5 Å². The molecule has 0 radical (unpaired) electrons. The van der Waals surface area contributed by atoms with Crippen LogP contribution in [0.3, 0.4) is 0 Å². The predicted octanol–water partition coefficient (Wildman–Crippen LogP) is 2.22. The van der Waals surface area contributed by atoms with Crippen molar-refractivity contribution >= 4 is 5.69 Å². The van der Waals surface area contributed by atoms with Crippen LogP contribution < -0.4 is 9.64 Å². The van der Waals surface area contributed by atoms with Gasteiger partial charge in [-0.3, -0.25) is 0 Å². The lowest BCUT2D eigenvalue weighted by atomic mass is 10.1. The average molecular weight is 253 g/mol. The monoisotopic (exact) mass is 253 g/mol. The number of nitrogens with zero attached hydrogens (tertiary/aromatic N) is 1. The number of rotatable bonds is 7. The van der Waals surface area contributed by atoms with E-state index in [0.29, 0.717) is 0 Å². The molecule has 0 saturated carbocycles. The highest BCUT2D eigenvalue weighted by Gasteiger charge is 2.16. The first-order valence-electron chi connectivity index (χ1n) is 6.16. The fourth-order valence-corrected chi connectivity index (χ4v) is 2.03. The van der Waals surface area contributed by atoms with Crippen molar-refractivity contribution in [3.63, 3.8) is 0 Å².